The molecule has 0 radical (unpaired) electrons. The molecule has 2 heterocycles. The van der Waals surface area contributed by atoms with Crippen LogP contribution in [-0.2, 0) is 0 Å². The number of thiophene rings is 1. The fourth-order valence-electron chi connectivity index (χ4n) is 2.47. The molecule has 0 spiro atoms. The normalized spacial score (nSPS) is 21.1. The van der Waals surface area contributed by atoms with Crippen LogP contribution in [0.1, 0.15) is 38.2 Å². The lowest BCUT2D eigenvalue weighted by Crippen LogP contribution is -2.20. The lowest BCUT2D eigenvalue weighted by molar-refractivity contribution is -0.383. The van der Waals surface area contributed by atoms with Crippen molar-refractivity contribution in [1.82, 2.24) is 0 Å². The highest BCUT2D eigenvalue weighted by Crippen LogP contribution is 2.42. The monoisotopic (exact) mass is 284 g/mol. The van der Waals surface area contributed by atoms with Gasteiger partial charge in [0, 0.05) is 24.0 Å². The largest absolute Gasteiger partial charge is 0.388 e. The Kier molecular flexibility index (Phi) is 4.10. The van der Waals surface area contributed by atoms with Gasteiger partial charge in [-0.25, -0.2) is 0 Å². The van der Waals surface area contributed by atoms with E-state index in [4.69, 9.17) is 0 Å². The molecule has 19 heavy (non-hydrogen) atoms. The van der Waals surface area contributed by atoms with E-state index in [0.717, 1.165) is 19.5 Å². The van der Waals surface area contributed by atoms with E-state index in [-0.39, 0.29) is 10.6 Å². The number of hydrogen-bond donors (Lipinski definition) is 1. The van der Waals surface area contributed by atoms with Crippen LogP contribution in [-0.4, -0.2) is 23.1 Å². The zero-order valence-electron chi connectivity index (χ0n) is 11.5. The quantitative estimate of drug-likeness (QED) is 0.681. The molecule has 106 valence electrons. The first-order valence-corrected chi connectivity index (χ1v) is 7.43. The smallest absolute Gasteiger partial charge is 0.304 e. The van der Waals surface area contributed by atoms with Crippen LogP contribution in [0.15, 0.2) is 6.07 Å². The molecule has 2 rings (SSSR count). The maximum atomic E-state index is 11.1. The Morgan fingerprint density at radius 2 is 2.21 bits per heavy atom. The van der Waals surface area contributed by atoms with Crippen LogP contribution in [0.3, 0.4) is 0 Å². The molecule has 0 amide bonds. The SMILES string of the molecule is CC(C)C1CCN(c2sc([C@@H](C)O)cc2[N+](=O)[O-])C1. The van der Waals surface area contributed by atoms with Crippen molar-refractivity contribution < 1.29 is 10.0 Å². The van der Waals surface area contributed by atoms with E-state index in [1.807, 2.05) is 0 Å². The van der Waals surface area contributed by atoms with Crippen molar-refractivity contribution >= 4 is 22.0 Å². The van der Waals surface area contributed by atoms with Crippen LogP contribution >= 0.6 is 11.3 Å². The first-order chi connectivity index (χ1) is 8.90. The Labute approximate surface area is 117 Å². The van der Waals surface area contributed by atoms with Gasteiger partial charge in [0.25, 0.3) is 0 Å². The fraction of sp³-hybridized carbons (Fsp3) is 0.692. The Balaban J connectivity index is 2.26. The van der Waals surface area contributed by atoms with E-state index in [1.165, 1.54) is 17.4 Å². The summed E-state index contributed by atoms with van der Waals surface area (Å²) in [6, 6.07) is 1.51. The molecule has 5 nitrogen and oxygen atoms in total. The van der Waals surface area contributed by atoms with E-state index in [2.05, 4.69) is 18.7 Å². The minimum Gasteiger partial charge on any atom is -0.388 e. The number of hydrogen-bond acceptors (Lipinski definition) is 5. The second-order valence-electron chi connectivity index (χ2n) is 5.51. The summed E-state index contributed by atoms with van der Waals surface area (Å²) < 4.78 is 0. The topological polar surface area (TPSA) is 66.6 Å². The van der Waals surface area contributed by atoms with Crippen LogP contribution < -0.4 is 4.90 Å². The molecule has 1 saturated heterocycles. The van der Waals surface area contributed by atoms with Gasteiger partial charge in [-0.15, -0.1) is 11.3 Å². The second-order valence-corrected chi connectivity index (χ2v) is 6.57. The van der Waals surface area contributed by atoms with Crippen molar-refractivity contribution in [3.8, 4) is 0 Å². The van der Waals surface area contributed by atoms with Crippen LogP contribution in [0.2, 0.25) is 0 Å². The lowest BCUT2D eigenvalue weighted by atomic mass is 9.95. The van der Waals surface area contributed by atoms with Crippen LogP contribution in [0.25, 0.3) is 0 Å². The van der Waals surface area contributed by atoms with E-state index >= 15 is 0 Å². The lowest BCUT2D eigenvalue weighted by Gasteiger charge is -2.17. The Hall–Kier alpha value is -1.14. The molecule has 1 aliphatic rings. The number of aliphatic hydroxyl groups is 1. The molecule has 0 saturated carbocycles. The Bertz CT molecular complexity index is 470. The number of rotatable bonds is 4. The number of aliphatic hydroxyl groups excluding tert-OH is 1. The maximum absolute atomic E-state index is 11.1. The average Bonchev–Trinajstić information content (AvgIpc) is 2.95. The van der Waals surface area contributed by atoms with Crippen LogP contribution in [0.4, 0.5) is 10.7 Å². The molecule has 1 aromatic heterocycles. The number of anilines is 1. The molecular formula is C13H20N2O3S. The van der Waals surface area contributed by atoms with Crippen molar-refractivity contribution in [2.45, 2.75) is 33.3 Å². The van der Waals surface area contributed by atoms with Crippen molar-refractivity contribution in [1.29, 1.82) is 0 Å². The Morgan fingerprint density at radius 1 is 1.53 bits per heavy atom. The highest BCUT2D eigenvalue weighted by atomic mass is 32.1. The standard InChI is InChI=1S/C13H20N2O3S/c1-8(2)10-4-5-14(7-10)13-11(15(17)18)6-12(19-13)9(3)16/h6,8-10,16H,4-5,7H2,1-3H3/t9-,10?/m1/s1. The van der Waals surface area contributed by atoms with Crippen molar-refractivity contribution in [2.75, 3.05) is 18.0 Å². The summed E-state index contributed by atoms with van der Waals surface area (Å²) >= 11 is 1.34. The van der Waals surface area contributed by atoms with Crippen molar-refractivity contribution in [3.63, 3.8) is 0 Å². The first kappa shape index (κ1) is 14.3. The summed E-state index contributed by atoms with van der Waals surface area (Å²) in [5.74, 6) is 1.19. The third kappa shape index (κ3) is 2.90. The van der Waals surface area contributed by atoms with Gasteiger partial charge in [0.1, 0.15) is 0 Å². The highest BCUT2D eigenvalue weighted by Gasteiger charge is 2.31. The molecule has 2 atom stereocenters. The van der Waals surface area contributed by atoms with Gasteiger partial charge in [0.05, 0.1) is 11.0 Å². The Morgan fingerprint density at radius 3 is 2.68 bits per heavy atom. The predicted octanol–water partition coefficient (Wildman–Crippen LogP) is 3.19. The third-order valence-corrected chi connectivity index (χ3v) is 5.13. The molecule has 0 aliphatic carbocycles. The number of nitro groups is 1. The zero-order chi connectivity index (χ0) is 14.2. The minimum atomic E-state index is -0.652. The molecule has 6 heteroatoms. The van der Waals surface area contributed by atoms with Gasteiger partial charge in [0.15, 0.2) is 5.00 Å². The van der Waals surface area contributed by atoms with Gasteiger partial charge < -0.3 is 10.0 Å². The fourth-order valence-corrected chi connectivity index (χ4v) is 3.57. The molecular weight excluding hydrogens is 264 g/mol. The van der Waals surface area contributed by atoms with E-state index < -0.39 is 6.10 Å². The van der Waals surface area contributed by atoms with E-state index in [9.17, 15) is 15.2 Å². The van der Waals surface area contributed by atoms with E-state index in [0.29, 0.717) is 21.7 Å². The minimum absolute atomic E-state index is 0.130. The molecule has 0 bridgehead atoms. The van der Waals surface area contributed by atoms with Gasteiger partial charge in [-0.1, -0.05) is 13.8 Å². The predicted molar refractivity (Wildman–Crippen MR) is 76.8 cm³/mol. The summed E-state index contributed by atoms with van der Waals surface area (Å²) in [6.07, 6.45) is 0.428. The summed E-state index contributed by atoms with van der Waals surface area (Å²) in [7, 11) is 0. The number of nitrogens with zero attached hydrogens (tertiary/aromatic N) is 2. The summed E-state index contributed by atoms with van der Waals surface area (Å²) in [4.78, 5) is 13.5. The highest BCUT2D eigenvalue weighted by molar-refractivity contribution is 7.16. The average molecular weight is 284 g/mol. The first-order valence-electron chi connectivity index (χ1n) is 6.61. The maximum Gasteiger partial charge on any atom is 0.304 e. The molecule has 0 aromatic carbocycles. The third-order valence-electron chi connectivity index (χ3n) is 3.78. The second kappa shape index (κ2) is 5.46. The van der Waals surface area contributed by atoms with Crippen molar-refractivity contribution in [2.24, 2.45) is 11.8 Å². The van der Waals surface area contributed by atoms with Gasteiger partial charge in [-0.3, -0.25) is 10.1 Å². The molecule has 1 aliphatic heterocycles. The van der Waals surface area contributed by atoms with E-state index in [1.54, 1.807) is 6.92 Å². The van der Waals surface area contributed by atoms with Gasteiger partial charge in [0.2, 0.25) is 0 Å². The molecule has 1 unspecified atom stereocenters. The zero-order valence-corrected chi connectivity index (χ0v) is 12.3. The van der Waals surface area contributed by atoms with Crippen molar-refractivity contribution in [3.05, 3.63) is 21.1 Å². The van der Waals surface area contributed by atoms with Crippen LogP contribution in [0.5, 0.6) is 0 Å². The molecule has 1 fully saturated rings. The molecule has 1 aromatic rings. The summed E-state index contributed by atoms with van der Waals surface area (Å²) in [5.41, 5.74) is 0.130. The van der Waals surface area contributed by atoms with Gasteiger partial charge in [-0.2, -0.15) is 0 Å². The summed E-state index contributed by atoms with van der Waals surface area (Å²) in [5, 5.41) is 21.4. The van der Waals surface area contributed by atoms with Crippen LogP contribution in [0, 0.1) is 22.0 Å². The summed E-state index contributed by atoms with van der Waals surface area (Å²) in [6.45, 7) is 7.76. The van der Waals surface area contributed by atoms with Gasteiger partial charge in [-0.05, 0) is 25.2 Å². The molecule has 1 N–H and O–H groups in total. The van der Waals surface area contributed by atoms with Gasteiger partial charge >= 0.3 is 5.69 Å².